The van der Waals surface area contributed by atoms with E-state index < -0.39 is 0 Å². The molecule has 3 heteroatoms. The van der Waals surface area contributed by atoms with Crippen LogP contribution in [0.1, 0.15) is 36.2 Å². The second-order valence-corrected chi connectivity index (χ2v) is 4.78. The summed E-state index contributed by atoms with van der Waals surface area (Å²) < 4.78 is 0. The number of rotatable bonds is 5. The van der Waals surface area contributed by atoms with Crippen LogP contribution in [0.5, 0.6) is 0 Å². The quantitative estimate of drug-likeness (QED) is 0.735. The normalized spacial score (nSPS) is 10.9. The Morgan fingerprint density at radius 3 is 2.53 bits per heavy atom. The summed E-state index contributed by atoms with van der Waals surface area (Å²) in [5, 5.41) is 1.42. The third-order valence-electron chi connectivity index (χ3n) is 2.49. The molecular weight excluding hydrogens is 214 g/mol. The van der Waals surface area contributed by atoms with Crippen molar-refractivity contribution in [3.63, 3.8) is 0 Å². The van der Waals surface area contributed by atoms with E-state index in [-0.39, 0.29) is 5.97 Å². The van der Waals surface area contributed by atoms with Gasteiger partial charge >= 0.3 is 5.97 Å². The fourth-order valence-electron chi connectivity index (χ4n) is 1.60. The number of carbonyl (C=O) groups is 1. The van der Waals surface area contributed by atoms with Crippen LogP contribution in [0.2, 0.25) is 0 Å². The van der Waals surface area contributed by atoms with Gasteiger partial charge in [-0.1, -0.05) is 32.0 Å². The molecule has 0 atom stereocenters. The van der Waals surface area contributed by atoms with Crippen molar-refractivity contribution in [2.24, 2.45) is 5.92 Å². The molecule has 0 N–H and O–H groups in total. The van der Waals surface area contributed by atoms with Crippen molar-refractivity contribution in [1.82, 2.24) is 5.06 Å². The maximum absolute atomic E-state index is 11.9. The van der Waals surface area contributed by atoms with Gasteiger partial charge < -0.3 is 4.84 Å². The third kappa shape index (κ3) is 4.57. The molecule has 0 amide bonds. The van der Waals surface area contributed by atoms with Gasteiger partial charge in [-0.05, 0) is 30.4 Å². The highest BCUT2D eigenvalue weighted by atomic mass is 16.7. The topological polar surface area (TPSA) is 29.5 Å². The molecule has 0 unspecified atom stereocenters. The van der Waals surface area contributed by atoms with E-state index in [4.69, 9.17) is 4.84 Å². The number of nitrogens with zero attached hydrogens (tertiary/aromatic N) is 1. The largest absolute Gasteiger partial charge is 0.364 e. The molecule has 3 nitrogen and oxygen atoms in total. The Kier molecular flexibility index (Phi) is 5.16. The molecule has 0 aliphatic carbocycles. The summed E-state index contributed by atoms with van der Waals surface area (Å²) in [5.74, 6) is 0.349. The zero-order valence-electron chi connectivity index (χ0n) is 11.1. The highest BCUT2D eigenvalue weighted by Gasteiger charge is 2.13. The minimum Gasteiger partial charge on any atom is -0.364 e. The van der Waals surface area contributed by atoms with E-state index in [0.29, 0.717) is 11.5 Å². The smallest absolute Gasteiger partial charge is 0.357 e. The summed E-state index contributed by atoms with van der Waals surface area (Å²) in [7, 11) is 3.41. The molecular formula is C14H21NO2. The Morgan fingerprint density at radius 2 is 1.94 bits per heavy atom. The van der Waals surface area contributed by atoms with Crippen LogP contribution in [0.25, 0.3) is 0 Å². The Morgan fingerprint density at radius 1 is 1.29 bits per heavy atom. The number of hydrogen-bond donors (Lipinski definition) is 0. The molecule has 0 fully saturated rings. The molecule has 0 saturated heterocycles. The first kappa shape index (κ1) is 13.7. The highest BCUT2D eigenvalue weighted by Crippen LogP contribution is 2.15. The van der Waals surface area contributed by atoms with Crippen molar-refractivity contribution in [3.05, 3.63) is 35.4 Å². The van der Waals surface area contributed by atoms with Crippen LogP contribution >= 0.6 is 0 Å². The summed E-state index contributed by atoms with van der Waals surface area (Å²) >= 11 is 0. The minimum atomic E-state index is -0.283. The molecule has 0 heterocycles. The van der Waals surface area contributed by atoms with Crippen molar-refractivity contribution in [1.29, 1.82) is 0 Å². The number of hydrogen-bond acceptors (Lipinski definition) is 3. The van der Waals surface area contributed by atoms with E-state index in [1.165, 1.54) is 5.06 Å². The van der Waals surface area contributed by atoms with Crippen molar-refractivity contribution in [2.45, 2.75) is 26.7 Å². The standard InChI is InChI=1S/C14H21NO2/c1-11(2)9-10-12-7-5-6-8-13(12)14(16)17-15(3)4/h5-8,11H,9-10H2,1-4H3. The monoisotopic (exact) mass is 235 g/mol. The summed E-state index contributed by atoms with van der Waals surface area (Å²) in [5.41, 5.74) is 1.73. The van der Waals surface area contributed by atoms with Gasteiger partial charge in [0.25, 0.3) is 0 Å². The lowest BCUT2D eigenvalue weighted by Gasteiger charge is -2.13. The number of benzene rings is 1. The fourth-order valence-corrected chi connectivity index (χ4v) is 1.60. The van der Waals surface area contributed by atoms with E-state index in [2.05, 4.69) is 13.8 Å². The number of aryl methyl sites for hydroxylation is 1. The van der Waals surface area contributed by atoms with Crippen molar-refractivity contribution < 1.29 is 9.63 Å². The van der Waals surface area contributed by atoms with Crippen molar-refractivity contribution in [2.75, 3.05) is 14.1 Å². The van der Waals surface area contributed by atoms with Crippen LogP contribution in [0, 0.1) is 5.92 Å². The van der Waals surface area contributed by atoms with Crippen molar-refractivity contribution >= 4 is 5.97 Å². The maximum atomic E-state index is 11.9. The van der Waals surface area contributed by atoms with Crippen LogP contribution in [-0.4, -0.2) is 25.1 Å². The van der Waals surface area contributed by atoms with E-state index >= 15 is 0 Å². The molecule has 17 heavy (non-hydrogen) atoms. The molecule has 0 aliphatic rings. The van der Waals surface area contributed by atoms with Crippen LogP contribution in [0.4, 0.5) is 0 Å². The molecule has 1 rings (SSSR count). The SMILES string of the molecule is CC(C)CCc1ccccc1C(=O)ON(C)C. The van der Waals surface area contributed by atoms with Gasteiger partial charge in [0.2, 0.25) is 0 Å². The van der Waals surface area contributed by atoms with Gasteiger partial charge in [-0.2, -0.15) is 0 Å². The highest BCUT2D eigenvalue weighted by molar-refractivity contribution is 5.90. The molecule has 1 aromatic rings. The van der Waals surface area contributed by atoms with E-state index in [9.17, 15) is 4.79 Å². The zero-order valence-corrected chi connectivity index (χ0v) is 11.1. The summed E-state index contributed by atoms with van der Waals surface area (Å²) in [6, 6.07) is 7.64. The van der Waals surface area contributed by atoms with E-state index in [1.54, 1.807) is 14.1 Å². The molecule has 0 saturated carbocycles. The fraction of sp³-hybridized carbons (Fsp3) is 0.500. The molecule has 0 aliphatic heterocycles. The molecule has 0 spiro atoms. The second-order valence-electron chi connectivity index (χ2n) is 4.78. The van der Waals surface area contributed by atoms with Crippen LogP contribution < -0.4 is 0 Å². The summed E-state index contributed by atoms with van der Waals surface area (Å²) in [4.78, 5) is 16.9. The average Bonchev–Trinajstić information content (AvgIpc) is 2.25. The Bertz CT molecular complexity index is 372. The van der Waals surface area contributed by atoms with Gasteiger partial charge in [-0.3, -0.25) is 0 Å². The molecule has 0 radical (unpaired) electrons. The predicted molar refractivity (Wildman–Crippen MR) is 68.7 cm³/mol. The number of carbonyl (C=O) groups excluding carboxylic acids is 1. The lowest BCUT2D eigenvalue weighted by Crippen LogP contribution is -2.19. The molecule has 0 aromatic heterocycles. The first-order valence-corrected chi connectivity index (χ1v) is 5.98. The second kappa shape index (κ2) is 6.40. The van der Waals surface area contributed by atoms with Crippen LogP contribution in [0.15, 0.2) is 24.3 Å². The maximum Gasteiger partial charge on any atom is 0.357 e. The van der Waals surface area contributed by atoms with Gasteiger partial charge in [0.1, 0.15) is 0 Å². The van der Waals surface area contributed by atoms with Gasteiger partial charge in [0.05, 0.1) is 5.56 Å². The average molecular weight is 235 g/mol. The third-order valence-corrected chi connectivity index (χ3v) is 2.49. The zero-order chi connectivity index (χ0) is 12.8. The van der Waals surface area contributed by atoms with Crippen LogP contribution in [0.3, 0.4) is 0 Å². The van der Waals surface area contributed by atoms with E-state index in [0.717, 1.165) is 18.4 Å². The van der Waals surface area contributed by atoms with Crippen molar-refractivity contribution in [3.8, 4) is 0 Å². The first-order valence-electron chi connectivity index (χ1n) is 5.98. The molecule has 94 valence electrons. The van der Waals surface area contributed by atoms with Crippen LogP contribution in [-0.2, 0) is 11.3 Å². The first-order chi connectivity index (χ1) is 8.00. The molecule has 0 bridgehead atoms. The minimum absolute atomic E-state index is 0.283. The van der Waals surface area contributed by atoms with Gasteiger partial charge in [0.15, 0.2) is 0 Å². The lowest BCUT2D eigenvalue weighted by molar-refractivity contribution is -0.0714. The summed E-state index contributed by atoms with van der Waals surface area (Å²) in [6.45, 7) is 4.36. The summed E-state index contributed by atoms with van der Waals surface area (Å²) in [6.07, 6.45) is 1.99. The Hall–Kier alpha value is -1.35. The van der Waals surface area contributed by atoms with E-state index in [1.807, 2.05) is 24.3 Å². The van der Waals surface area contributed by atoms with Gasteiger partial charge in [-0.25, -0.2) is 4.79 Å². The number of hydroxylamine groups is 2. The molecule has 1 aromatic carbocycles. The lowest BCUT2D eigenvalue weighted by atomic mass is 9.98. The van der Waals surface area contributed by atoms with Gasteiger partial charge in [0, 0.05) is 14.1 Å². The predicted octanol–water partition coefficient (Wildman–Crippen LogP) is 2.91. The Labute approximate surface area is 103 Å². The Balaban J connectivity index is 2.80. The van der Waals surface area contributed by atoms with Gasteiger partial charge in [-0.15, -0.1) is 5.06 Å².